The molecule has 0 aliphatic carbocycles. The third kappa shape index (κ3) is 4.81. The summed E-state index contributed by atoms with van der Waals surface area (Å²) in [5, 5.41) is 6.88. The van der Waals surface area contributed by atoms with E-state index in [2.05, 4.69) is 124 Å². The third-order valence-electron chi connectivity index (χ3n) is 11.2. The Morgan fingerprint density at radius 3 is 1.47 bits per heavy atom. The lowest BCUT2D eigenvalue weighted by molar-refractivity contribution is 0.669. The maximum atomic E-state index is 6.56. The topological polar surface area (TPSA) is 61.7 Å². The zero-order valence-electron chi connectivity index (χ0n) is 30.5. The van der Waals surface area contributed by atoms with Crippen LogP contribution >= 0.6 is 0 Å². The second kappa shape index (κ2) is 12.3. The average molecular weight is 730 g/mol. The van der Waals surface area contributed by atoms with E-state index in [9.17, 15) is 0 Å². The average Bonchev–Trinajstić information content (AvgIpc) is 3.94. The van der Waals surface area contributed by atoms with Gasteiger partial charge in [0.05, 0.1) is 22.1 Å². The molecule has 0 saturated carbocycles. The predicted octanol–water partition coefficient (Wildman–Crippen LogP) is 13.0. The minimum atomic E-state index is 0.593. The van der Waals surface area contributed by atoms with Crippen molar-refractivity contribution in [2.45, 2.75) is 0 Å². The molecule has 57 heavy (non-hydrogen) atoms. The highest BCUT2D eigenvalue weighted by Gasteiger charge is 2.22. The molecule has 6 heteroatoms. The summed E-state index contributed by atoms with van der Waals surface area (Å²) in [5.74, 6) is 1.83. The zero-order valence-corrected chi connectivity index (χ0v) is 30.5. The van der Waals surface area contributed by atoms with Gasteiger partial charge in [-0.15, -0.1) is 0 Å². The molecule has 266 valence electrons. The summed E-state index contributed by atoms with van der Waals surface area (Å²) in [4.78, 5) is 15.1. The van der Waals surface area contributed by atoms with Gasteiger partial charge < -0.3 is 13.6 Å². The first kappa shape index (κ1) is 31.5. The van der Waals surface area contributed by atoms with Gasteiger partial charge in [0.2, 0.25) is 0 Å². The van der Waals surface area contributed by atoms with Crippen molar-refractivity contribution in [3.8, 4) is 45.5 Å². The number of nitrogens with zero attached hydrogens (tertiary/aromatic N) is 5. The second-order valence-electron chi connectivity index (χ2n) is 14.4. The van der Waals surface area contributed by atoms with Crippen LogP contribution < -0.4 is 0 Å². The minimum absolute atomic E-state index is 0.593. The van der Waals surface area contributed by atoms with Gasteiger partial charge in [-0.05, 0) is 60.7 Å². The lowest BCUT2D eigenvalue weighted by atomic mass is 10.0. The van der Waals surface area contributed by atoms with Crippen molar-refractivity contribution in [3.63, 3.8) is 0 Å². The normalized spacial score (nSPS) is 11.9. The number of para-hydroxylation sites is 3. The molecule has 8 aromatic carbocycles. The van der Waals surface area contributed by atoms with E-state index in [1.54, 1.807) is 0 Å². The molecule has 0 spiro atoms. The van der Waals surface area contributed by atoms with E-state index in [4.69, 9.17) is 19.4 Å². The molecule has 4 aromatic heterocycles. The van der Waals surface area contributed by atoms with Crippen LogP contribution in [0.4, 0.5) is 0 Å². The number of fused-ring (bicyclic) bond motifs is 10. The summed E-state index contributed by atoms with van der Waals surface area (Å²) < 4.78 is 11.3. The van der Waals surface area contributed by atoms with Crippen LogP contribution in [-0.4, -0.2) is 24.1 Å². The number of furan rings is 1. The monoisotopic (exact) mass is 729 g/mol. The van der Waals surface area contributed by atoms with Gasteiger partial charge in [-0.25, -0.2) is 15.0 Å². The molecule has 0 saturated heterocycles. The Bertz CT molecular complexity index is 3450. The number of benzene rings is 8. The highest BCUT2D eigenvalue weighted by atomic mass is 16.3. The van der Waals surface area contributed by atoms with E-state index in [1.165, 1.54) is 32.6 Å². The van der Waals surface area contributed by atoms with Gasteiger partial charge in [-0.2, -0.15) is 0 Å². The van der Waals surface area contributed by atoms with Crippen molar-refractivity contribution in [2.75, 3.05) is 0 Å². The van der Waals surface area contributed by atoms with Crippen LogP contribution in [0.5, 0.6) is 0 Å². The van der Waals surface area contributed by atoms with Crippen LogP contribution in [-0.2, 0) is 0 Å². The maximum Gasteiger partial charge on any atom is 0.164 e. The van der Waals surface area contributed by atoms with Crippen LogP contribution in [0.1, 0.15) is 0 Å². The molecule has 12 rings (SSSR count). The molecule has 0 radical (unpaired) electrons. The third-order valence-corrected chi connectivity index (χ3v) is 11.2. The van der Waals surface area contributed by atoms with Crippen LogP contribution in [0.25, 0.3) is 111 Å². The first-order valence-electron chi connectivity index (χ1n) is 19.1. The maximum absolute atomic E-state index is 6.56. The molecule has 0 aliphatic rings. The van der Waals surface area contributed by atoms with E-state index in [0.29, 0.717) is 17.5 Å². The van der Waals surface area contributed by atoms with Crippen molar-refractivity contribution in [1.82, 2.24) is 24.1 Å². The number of aromatic nitrogens is 5. The summed E-state index contributed by atoms with van der Waals surface area (Å²) in [5.41, 5.74) is 11.2. The molecule has 0 N–H and O–H groups in total. The summed E-state index contributed by atoms with van der Waals surface area (Å²) in [6.45, 7) is 0. The summed E-state index contributed by atoms with van der Waals surface area (Å²) in [6.07, 6.45) is 0. The van der Waals surface area contributed by atoms with Gasteiger partial charge >= 0.3 is 0 Å². The van der Waals surface area contributed by atoms with E-state index in [0.717, 1.165) is 61.0 Å². The van der Waals surface area contributed by atoms with Crippen LogP contribution in [0.3, 0.4) is 0 Å². The lowest BCUT2D eigenvalue weighted by Crippen LogP contribution is -2.00. The van der Waals surface area contributed by atoms with Crippen molar-refractivity contribution in [3.05, 3.63) is 188 Å². The van der Waals surface area contributed by atoms with E-state index in [1.807, 2.05) is 72.8 Å². The molecular weight excluding hydrogens is 699 g/mol. The molecule has 0 aliphatic heterocycles. The molecule has 0 amide bonds. The van der Waals surface area contributed by atoms with Gasteiger partial charge in [0, 0.05) is 60.4 Å². The van der Waals surface area contributed by atoms with Crippen LogP contribution in [0.2, 0.25) is 0 Å². The number of hydrogen-bond donors (Lipinski definition) is 0. The van der Waals surface area contributed by atoms with Gasteiger partial charge in [0.1, 0.15) is 11.2 Å². The lowest BCUT2D eigenvalue weighted by Gasteiger charge is -2.10. The molecule has 0 atom stereocenters. The summed E-state index contributed by atoms with van der Waals surface area (Å²) in [7, 11) is 0. The highest BCUT2D eigenvalue weighted by Crippen LogP contribution is 2.43. The van der Waals surface area contributed by atoms with Crippen LogP contribution in [0.15, 0.2) is 192 Å². The zero-order chi connectivity index (χ0) is 37.5. The fraction of sp³-hybridized carbons (Fsp3) is 0. The molecule has 4 heterocycles. The van der Waals surface area contributed by atoms with Crippen molar-refractivity contribution < 1.29 is 4.42 Å². The second-order valence-corrected chi connectivity index (χ2v) is 14.4. The molecule has 12 aromatic rings. The fourth-order valence-corrected chi connectivity index (χ4v) is 8.72. The quantitative estimate of drug-likeness (QED) is 0.177. The highest BCUT2D eigenvalue weighted by molar-refractivity contribution is 6.29. The molecule has 0 bridgehead atoms. The van der Waals surface area contributed by atoms with E-state index < -0.39 is 0 Å². The molecule has 0 unspecified atom stereocenters. The Kier molecular flexibility index (Phi) is 6.83. The minimum Gasteiger partial charge on any atom is -0.456 e. The van der Waals surface area contributed by atoms with Crippen molar-refractivity contribution in [1.29, 1.82) is 0 Å². The summed E-state index contributed by atoms with van der Waals surface area (Å²) >= 11 is 0. The number of rotatable bonds is 5. The number of hydrogen-bond acceptors (Lipinski definition) is 4. The Morgan fingerprint density at radius 2 is 0.860 bits per heavy atom. The Labute approximate surface area is 326 Å². The Balaban J connectivity index is 1.11. The van der Waals surface area contributed by atoms with Crippen LogP contribution in [0, 0.1) is 0 Å². The molecule has 0 fully saturated rings. The smallest absolute Gasteiger partial charge is 0.164 e. The SMILES string of the molecule is c1ccc(-c2nc(-c3ccccc3)nc(-c3cccc4oc5ccc(-n6c7ccccc7c7c8c9ccccc9n(-c9ccccc9)c8ccc76)cc5c34)n2)cc1. The van der Waals surface area contributed by atoms with E-state index >= 15 is 0 Å². The van der Waals surface area contributed by atoms with Crippen molar-refractivity contribution >= 4 is 65.6 Å². The van der Waals surface area contributed by atoms with Gasteiger partial charge in [0.15, 0.2) is 17.5 Å². The standard InChI is InChI=1S/C51H31N5O/c1-4-15-32(16-5-1)49-52-50(33-17-6-2-7-18-33)54-51(53-49)38-23-14-26-45-46(38)39-31-35(27-30-44(39)57-45)56-41-25-13-11-22-37(41)48-43(56)29-28-42-47(48)36-21-10-12-24-40(36)55(42)34-19-8-3-9-20-34/h1-31H. The first-order chi connectivity index (χ1) is 28.3. The largest absolute Gasteiger partial charge is 0.456 e. The fourth-order valence-electron chi connectivity index (χ4n) is 8.72. The van der Waals surface area contributed by atoms with E-state index in [-0.39, 0.29) is 0 Å². The Hall–Kier alpha value is -7.83. The molecular formula is C51H31N5O. The van der Waals surface area contributed by atoms with Gasteiger partial charge in [0.25, 0.3) is 0 Å². The predicted molar refractivity (Wildman–Crippen MR) is 232 cm³/mol. The van der Waals surface area contributed by atoms with Gasteiger partial charge in [-0.1, -0.05) is 127 Å². The first-order valence-corrected chi connectivity index (χ1v) is 19.1. The molecule has 6 nitrogen and oxygen atoms in total. The Morgan fingerprint density at radius 1 is 0.333 bits per heavy atom. The summed E-state index contributed by atoms with van der Waals surface area (Å²) in [6, 6.07) is 65.5. The van der Waals surface area contributed by atoms with Crippen molar-refractivity contribution in [2.24, 2.45) is 0 Å². The van der Waals surface area contributed by atoms with Gasteiger partial charge in [-0.3, -0.25) is 0 Å².